The number of hydrogen-bond acceptors (Lipinski definition) is 1. The lowest BCUT2D eigenvalue weighted by Gasteiger charge is -2.17. The van der Waals surface area contributed by atoms with Gasteiger partial charge in [-0.3, -0.25) is 0 Å². The van der Waals surface area contributed by atoms with Crippen molar-refractivity contribution in [2.75, 3.05) is 0 Å². The molecule has 1 aliphatic carbocycles. The van der Waals surface area contributed by atoms with Gasteiger partial charge in [-0.25, -0.2) is 0 Å². The van der Waals surface area contributed by atoms with Crippen LogP contribution >= 0.6 is 0 Å². The summed E-state index contributed by atoms with van der Waals surface area (Å²) < 4.78 is 0. The molecular weight excluding hydrogens is 170 g/mol. The molecule has 1 aromatic rings. The maximum absolute atomic E-state index is 9.06. The van der Waals surface area contributed by atoms with E-state index in [0.717, 1.165) is 24.8 Å². The quantitative estimate of drug-likeness (QED) is 0.659. The molecule has 14 heavy (non-hydrogen) atoms. The maximum atomic E-state index is 9.06. The first-order valence-corrected chi connectivity index (χ1v) is 5.40. The Bertz CT molecular complexity index is 385. The number of nitriles is 1. The minimum atomic E-state index is 0.916. The van der Waals surface area contributed by atoms with Crippen molar-refractivity contribution in [2.45, 2.75) is 39.0 Å². The second kappa shape index (κ2) is 3.84. The molecular formula is C13H15N. The predicted molar refractivity (Wildman–Crippen MR) is 57.2 cm³/mol. The fraction of sp³-hybridized carbons (Fsp3) is 0.462. The van der Waals surface area contributed by atoms with E-state index in [1.165, 1.54) is 29.5 Å². The molecule has 0 bridgehead atoms. The normalized spacial score (nSPS) is 14.6. The van der Waals surface area contributed by atoms with Crippen LogP contribution in [0.3, 0.4) is 0 Å². The summed E-state index contributed by atoms with van der Waals surface area (Å²) in [5, 5.41) is 9.06. The van der Waals surface area contributed by atoms with E-state index in [1.807, 2.05) is 0 Å². The first kappa shape index (κ1) is 9.27. The number of hydrogen-bond donors (Lipinski definition) is 0. The summed E-state index contributed by atoms with van der Waals surface area (Å²) in [6.07, 6.45) is 5.82. The molecule has 0 N–H and O–H groups in total. The summed E-state index contributed by atoms with van der Waals surface area (Å²) in [4.78, 5) is 0. The van der Waals surface area contributed by atoms with E-state index >= 15 is 0 Å². The van der Waals surface area contributed by atoms with Crippen molar-refractivity contribution in [3.8, 4) is 6.07 Å². The van der Waals surface area contributed by atoms with Gasteiger partial charge in [-0.2, -0.15) is 5.26 Å². The van der Waals surface area contributed by atoms with Crippen LogP contribution in [-0.2, 0) is 19.3 Å². The predicted octanol–water partition coefficient (Wildman–Crippen LogP) is 3.00. The smallest absolute Gasteiger partial charge is 0.0994 e. The van der Waals surface area contributed by atoms with Crippen molar-refractivity contribution in [2.24, 2.45) is 0 Å². The van der Waals surface area contributed by atoms with Crippen molar-refractivity contribution in [1.29, 1.82) is 5.26 Å². The highest BCUT2D eigenvalue weighted by molar-refractivity contribution is 5.47. The molecule has 1 nitrogen and oxygen atoms in total. The van der Waals surface area contributed by atoms with E-state index in [-0.39, 0.29) is 0 Å². The van der Waals surface area contributed by atoms with Gasteiger partial charge in [0.05, 0.1) is 11.6 Å². The van der Waals surface area contributed by atoms with Crippen molar-refractivity contribution < 1.29 is 0 Å². The van der Waals surface area contributed by atoms with Crippen molar-refractivity contribution in [3.63, 3.8) is 0 Å². The minimum Gasteiger partial charge on any atom is -0.192 e. The number of nitrogens with zero attached hydrogens (tertiary/aromatic N) is 1. The largest absolute Gasteiger partial charge is 0.192 e. The van der Waals surface area contributed by atoms with Crippen molar-refractivity contribution >= 4 is 0 Å². The fourth-order valence-electron chi connectivity index (χ4n) is 2.24. The molecule has 0 heterocycles. The van der Waals surface area contributed by atoms with Gasteiger partial charge in [-0.05, 0) is 54.9 Å². The number of aryl methyl sites for hydroxylation is 2. The van der Waals surface area contributed by atoms with Gasteiger partial charge in [0.15, 0.2) is 0 Å². The molecule has 0 radical (unpaired) electrons. The zero-order valence-electron chi connectivity index (χ0n) is 8.64. The molecule has 1 aliphatic rings. The summed E-state index contributed by atoms with van der Waals surface area (Å²) in [5.41, 5.74) is 4.96. The zero-order valence-corrected chi connectivity index (χ0v) is 8.64. The Morgan fingerprint density at radius 1 is 1.29 bits per heavy atom. The lowest BCUT2D eigenvalue weighted by molar-refractivity contribution is 0.683. The Morgan fingerprint density at radius 3 is 2.79 bits per heavy atom. The lowest BCUT2D eigenvalue weighted by Crippen LogP contribution is -2.06. The molecule has 72 valence electrons. The van der Waals surface area contributed by atoms with Crippen molar-refractivity contribution in [3.05, 3.63) is 34.4 Å². The van der Waals surface area contributed by atoms with Crippen LogP contribution < -0.4 is 0 Å². The molecule has 0 amide bonds. The summed E-state index contributed by atoms with van der Waals surface area (Å²) in [6.45, 7) is 2.14. The first-order valence-electron chi connectivity index (χ1n) is 5.40. The summed E-state index contributed by atoms with van der Waals surface area (Å²) in [6, 6.07) is 6.68. The van der Waals surface area contributed by atoms with E-state index < -0.39 is 0 Å². The van der Waals surface area contributed by atoms with Crippen LogP contribution in [0, 0.1) is 11.3 Å². The highest BCUT2D eigenvalue weighted by Gasteiger charge is 2.13. The Kier molecular flexibility index (Phi) is 2.54. The molecule has 0 aliphatic heterocycles. The third-order valence-electron chi connectivity index (χ3n) is 3.05. The van der Waals surface area contributed by atoms with E-state index in [2.05, 4.69) is 25.1 Å². The van der Waals surface area contributed by atoms with Crippen LogP contribution in [0.15, 0.2) is 12.1 Å². The summed E-state index contributed by atoms with van der Waals surface area (Å²) in [5.74, 6) is 0. The van der Waals surface area contributed by atoms with Gasteiger partial charge in [-0.15, -0.1) is 0 Å². The number of benzene rings is 1. The van der Waals surface area contributed by atoms with E-state index in [9.17, 15) is 0 Å². The molecule has 0 atom stereocenters. The molecule has 0 fully saturated rings. The van der Waals surface area contributed by atoms with Crippen LogP contribution in [-0.4, -0.2) is 0 Å². The summed E-state index contributed by atoms with van der Waals surface area (Å²) in [7, 11) is 0. The molecule has 0 aromatic heterocycles. The first-order chi connectivity index (χ1) is 6.85. The van der Waals surface area contributed by atoms with Crippen LogP contribution in [0.1, 0.15) is 42.0 Å². The molecule has 0 unspecified atom stereocenters. The lowest BCUT2D eigenvalue weighted by atomic mass is 9.86. The van der Waals surface area contributed by atoms with Crippen LogP contribution in [0.4, 0.5) is 0 Å². The van der Waals surface area contributed by atoms with Gasteiger partial charge in [-0.1, -0.05) is 13.0 Å². The minimum absolute atomic E-state index is 0.916. The van der Waals surface area contributed by atoms with Gasteiger partial charge >= 0.3 is 0 Å². The average Bonchev–Trinajstić information content (AvgIpc) is 2.27. The third-order valence-corrected chi connectivity index (χ3v) is 3.05. The van der Waals surface area contributed by atoms with Crippen LogP contribution in [0.25, 0.3) is 0 Å². The highest BCUT2D eigenvalue weighted by atomic mass is 14.3. The molecule has 1 aromatic carbocycles. The summed E-state index contributed by atoms with van der Waals surface area (Å²) >= 11 is 0. The topological polar surface area (TPSA) is 23.8 Å². The van der Waals surface area contributed by atoms with E-state index in [1.54, 1.807) is 0 Å². The van der Waals surface area contributed by atoms with Crippen LogP contribution in [0.5, 0.6) is 0 Å². The van der Waals surface area contributed by atoms with E-state index in [4.69, 9.17) is 5.26 Å². The van der Waals surface area contributed by atoms with Gasteiger partial charge < -0.3 is 0 Å². The second-order valence-electron chi connectivity index (χ2n) is 3.95. The Morgan fingerprint density at radius 2 is 2.07 bits per heavy atom. The molecule has 0 spiro atoms. The molecule has 0 saturated heterocycles. The Balaban J connectivity index is 2.54. The molecule has 1 heteroatoms. The molecule has 2 rings (SSSR count). The SMILES string of the molecule is CCc1cc(C#N)c2c(c1)CCCC2. The third kappa shape index (κ3) is 1.53. The van der Waals surface area contributed by atoms with Gasteiger partial charge in [0, 0.05) is 0 Å². The number of rotatable bonds is 1. The molecule has 0 saturated carbocycles. The van der Waals surface area contributed by atoms with Gasteiger partial charge in [0.25, 0.3) is 0 Å². The Hall–Kier alpha value is -1.29. The van der Waals surface area contributed by atoms with Crippen LogP contribution in [0.2, 0.25) is 0 Å². The highest BCUT2D eigenvalue weighted by Crippen LogP contribution is 2.25. The van der Waals surface area contributed by atoms with Crippen molar-refractivity contribution in [1.82, 2.24) is 0 Å². The standard InChI is InChI=1S/C13H15N/c1-2-10-7-11-5-3-4-6-13(11)12(8-10)9-14/h7-8H,2-6H2,1H3. The van der Waals surface area contributed by atoms with Gasteiger partial charge in [0.2, 0.25) is 0 Å². The Labute approximate surface area is 85.4 Å². The number of fused-ring (bicyclic) bond motifs is 1. The second-order valence-corrected chi connectivity index (χ2v) is 3.95. The zero-order chi connectivity index (χ0) is 9.97. The average molecular weight is 185 g/mol. The maximum Gasteiger partial charge on any atom is 0.0994 e. The monoisotopic (exact) mass is 185 g/mol. The van der Waals surface area contributed by atoms with Gasteiger partial charge in [0.1, 0.15) is 0 Å². The fourth-order valence-corrected chi connectivity index (χ4v) is 2.24. The van der Waals surface area contributed by atoms with E-state index in [0.29, 0.717) is 0 Å².